The summed E-state index contributed by atoms with van der Waals surface area (Å²) in [6, 6.07) is 11.0. The molecule has 0 saturated heterocycles. The predicted molar refractivity (Wildman–Crippen MR) is 75.9 cm³/mol. The fraction of sp³-hybridized carbons (Fsp3) is 0.250. The fourth-order valence-electron chi connectivity index (χ4n) is 1.83. The predicted octanol–water partition coefficient (Wildman–Crippen LogP) is 4.37. The van der Waals surface area contributed by atoms with Crippen molar-refractivity contribution in [3.05, 3.63) is 59.7 Å². The lowest BCUT2D eigenvalue weighted by Gasteiger charge is -2.09. The van der Waals surface area contributed by atoms with Crippen LogP contribution in [0.1, 0.15) is 18.9 Å². The van der Waals surface area contributed by atoms with Crippen LogP contribution >= 0.6 is 0 Å². The maximum absolute atomic E-state index is 13.1. The molecule has 1 N–H and O–H groups in total. The van der Waals surface area contributed by atoms with Gasteiger partial charge in [0.1, 0.15) is 17.4 Å². The van der Waals surface area contributed by atoms with E-state index in [-0.39, 0.29) is 0 Å². The smallest absolute Gasteiger partial charge is 0.126 e. The third-order valence-corrected chi connectivity index (χ3v) is 2.73. The molecule has 0 amide bonds. The van der Waals surface area contributed by atoms with Crippen LogP contribution < -0.4 is 10.1 Å². The molecule has 0 fully saturated rings. The molecule has 0 aromatic heterocycles. The van der Waals surface area contributed by atoms with Crippen molar-refractivity contribution in [2.75, 3.05) is 11.9 Å². The van der Waals surface area contributed by atoms with Crippen molar-refractivity contribution in [2.24, 2.45) is 0 Å². The second kappa shape index (κ2) is 6.89. The lowest BCUT2D eigenvalue weighted by atomic mass is 10.2. The lowest BCUT2D eigenvalue weighted by Crippen LogP contribution is -2.01. The molecule has 20 heavy (non-hydrogen) atoms. The number of rotatable bonds is 6. The van der Waals surface area contributed by atoms with Crippen LogP contribution in [0.4, 0.5) is 14.5 Å². The standard InChI is InChI=1S/C16H17F2NO/c1-2-6-20-16-5-3-4-15(10-16)19-11-12-7-13(17)9-14(18)8-12/h3-5,7-10,19H,2,6,11H2,1H3. The van der Waals surface area contributed by atoms with E-state index in [1.165, 1.54) is 12.1 Å². The van der Waals surface area contributed by atoms with Crippen LogP contribution in [0.5, 0.6) is 5.75 Å². The summed E-state index contributed by atoms with van der Waals surface area (Å²) in [7, 11) is 0. The molecule has 0 saturated carbocycles. The summed E-state index contributed by atoms with van der Waals surface area (Å²) >= 11 is 0. The van der Waals surface area contributed by atoms with Gasteiger partial charge in [0, 0.05) is 24.4 Å². The van der Waals surface area contributed by atoms with Crippen molar-refractivity contribution >= 4 is 5.69 Å². The number of ether oxygens (including phenoxy) is 1. The Balaban J connectivity index is 1.99. The van der Waals surface area contributed by atoms with Crippen LogP contribution in [0.15, 0.2) is 42.5 Å². The summed E-state index contributed by atoms with van der Waals surface area (Å²) in [4.78, 5) is 0. The van der Waals surface area contributed by atoms with Gasteiger partial charge in [-0.1, -0.05) is 13.0 Å². The lowest BCUT2D eigenvalue weighted by molar-refractivity contribution is 0.317. The first-order chi connectivity index (χ1) is 9.67. The molecule has 0 spiro atoms. The number of nitrogens with one attached hydrogen (secondary N) is 1. The van der Waals surface area contributed by atoms with Crippen molar-refractivity contribution in [3.8, 4) is 5.75 Å². The molecule has 2 rings (SSSR count). The molecular formula is C16H17F2NO. The van der Waals surface area contributed by atoms with Crippen molar-refractivity contribution in [2.45, 2.75) is 19.9 Å². The fourth-order valence-corrected chi connectivity index (χ4v) is 1.83. The molecule has 4 heteroatoms. The van der Waals surface area contributed by atoms with E-state index in [4.69, 9.17) is 4.74 Å². The van der Waals surface area contributed by atoms with E-state index in [1.807, 2.05) is 31.2 Å². The molecule has 0 heterocycles. The molecule has 0 aliphatic carbocycles. The van der Waals surface area contributed by atoms with E-state index in [2.05, 4.69) is 5.32 Å². The largest absolute Gasteiger partial charge is 0.494 e. The van der Waals surface area contributed by atoms with E-state index < -0.39 is 11.6 Å². The maximum atomic E-state index is 13.1. The van der Waals surface area contributed by atoms with Crippen LogP contribution in [-0.2, 0) is 6.54 Å². The van der Waals surface area contributed by atoms with Crippen molar-refractivity contribution in [3.63, 3.8) is 0 Å². The van der Waals surface area contributed by atoms with Gasteiger partial charge in [0.05, 0.1) is 6.61 Å². The highest BCUT2D eigenvalue weighted by Crippen LogP contribution is 2.18. The van der Waals surface area contributed by atoms with Gasteiger partial charge >= 0.3 is 0 Å². The Bertz CT molecular complexity index is 552. The average Bonchev–Trinajstić information content (AvgIpc) is 2.42. The Morgan fingerprint density at radius 3 is 2.50 bits per heavy atom. The molecular weight excluding hydrogens is 260 g/mol. The van der Waals surface area contributed by atoms with Gasteiger partial charge in [0.2, 0.25) is 0 Å². The quantitative estimate of drug-likeness (QED) is 0.846. The second-order valence-electron chi connectivity index (χ2n) is 4.51. The number of hydrogen-bond donors (Lipinski definition) is 1. The van der Waals surface area contributed by atoms with Gasteiger partial charge in [0.15, 0.2) is 0 Å². The van der Waals surface area contributed by atoms with Crippen LogP contribution in [0.3, 0.4) is 0 Å². The molecule has 0 atom stereocenters. The molecule has 2 aromatic rings. The first-order valence-corrected chi connectivity index (χ1v) is 6.59. The van der Waals surface area contributed by atoms with E-state index in [1.54, 1.807) is 0 Å². The minimum Gasteiger partial charge on any atom is -0.494 e. The highest BCUT2D eigenvalue weighted by atomic mass is 19.1. The third kappa shape index (κ3) is 4.23. The second-order valence-corrected chi connectivity index (χ2v) is 4.51. The summed E-state index contributed by atoms with van der Waals surface area (Å²) < 4.78 is 31.7. The summed E-state index contributed by atoms with van der Waals surface area (Å²) in [6.45, 7) is 3.06. The minimum absolute atomic E-state index is 0.353. The Morgan fingerprint density at radius 2 is 1.80 bits per heavy atom. The molecule has 0 aliphatic rings. The number of halogens is 2. The van der Waals surface area contributed by atoms with Crippen molar-refractivity contribution < 1.29 is 13.5 Å². The minimum atomic E-state index is -0.568. The Labute approximate surface area is 117 Å². The van der Waals surface area contributed by atoms with Gasteiger partial charge in [-0.25, -0.2) is 8.78 Å². The van der Waals surface area contributed by atoms with Crippen molar-refractivity contribution in [1.29, 1.82) is 0 Å². The summed E-state index contributed by atoms with van der Waals surface area (Å²) in [5.74, 6) is -0.356. The molecule has 0 unspecified atom stereocenters. The van der Waals surface area contributed by atoms with E-state index in [0.29, 0.717) is 18.7 Å². The van der Waals surface area contributed by atoms with Gasteiger partial charge in [-0.3, -0.25) is 0 Å². The summed E-state index contributed by atoms with van der Waals surface area (Å²) in [5.41, 5.74) is 1.41. The van der Waals surface area contributed by atoms with Crippen LogP contribution in [0.2, 0.25) is 0 Å². The highest BCUT2D eigenvalue weighted by Gasteiger charge is 2.01. The van der Waals surface area contributed by atoms with E-state index in [9.17, 15) is 8.78 Å². The highest BCUT2D eigenvalue weighted by molar-refractivity contribution is 5.48. The Kier molecular flexibility index (Phi) is 4.93. The van der Waals surface area contributed by atoms with E-state index >= 15 is 0 Å². The molecule has 0 bridgehead atoms. The molecule has 106 valence electrons. The summed E-state index contributed by atoms with van der Waals surface area (Å²) in [5, 5.41) is 3.12. The zero-order chi connectivity index (χ0) is 14.4. The van der Waals surface area contributed by atoms with E-state index in [0.717, 1.165) is 23.9 Å². The zero-order valence-electron chi connectivity index (χ0n) is 11.3. The monoisotopic (exact) mass is 277 g/mol. The molecule has 0 aliphatic heterocycles. The van der Waals surface area contributed by atoms with Gasteiger partial charge < -0.3 is 10.1 Å². The summed E-state index contributed by atoms with van der Waals surface area (Å²) in [6.07, 6.45) is 0.945. The topological polar surface area (TPSA) is 21.3 Å². The average molecular weight is 277 g/mol. The Hall–Kier alpha value is -2.10. The van der Waals surface area contributed by atoms with Crippen molar-refractivity contribution in [1.82, 2.24) is 0 Å². The van der Waals surface area contributed by atoms with Crippen LogP contribution in [0, 0.1) is 11.6 Å². The van der Waals surface area contributed by atoms with Crippen LogP contribution in [-0.4, -0.2) is 6.61 Å². The van der Waals surface area contributed by atoms with Gasteiger partial charge in [-0.15, -0.1) is 0 Å². The van der Waals surface area contributed by atoms with Gasteiger partial charge in [-0.05, 0) is 36.2 Å². The SMILES string of the molecule is CCCOc1cccc(NCc2cc(F)cc(F)c2)c1. The Morgan fingerprint density at radius 1 is 1.05 bits per heavy atom. The molecule has 2 aromatic carbocycles. The van der Waals surface area contributed by atoms with Gasteiger partial charge in [0.25, 0.3) is 0 Å². The number of hydrogen-bond acceptors (Lipinski definition) is 2. The first-order valence-electron chi connectivity index (χ1n) is 6.59. The number of anilines is 1. The number of benzene rings is 2. The zero-order valence-corrected chi connectivity index (χ0v) is 11.3. The third-order valence-electron chi connectivity index (χ3n) is 2.73. The maximum Gasteiger partial charge on any atom is 0.126 e. The first kappa shape index (κ1) is 14.3. The van der Waals surface area contributed by atoms with Crippen LogP contribution in [0.25, 0.3) is 0 Å². The van der Waals surface area contributed by atoms with Gasteiger partial charge in [-0.2, -0.15) is 0 Å². The molecule has 0 radical (unpaired) electrons. The molecule has 2 nitrogen and oxygen atoms in total. The normalized spacial score (nSPS) is 10.3.